The highest BCUT2D eigenvalue weighted by atomic mass is 35.5. The Balaban J connectivity index is 0.00000127. The van der Waals surface area contributed by atoms with Gasteiger partial charge in [0.1, 0.15) is 17.1 Å². The predicted octanol–water partition coefficient (Wildman–Crippen LogP) is 4.48. The van der Waals surface area contributed by atoms with Gasteiger partial charge in [-0.2, -0.15) is 0 Å². The van der Waals surface area contributed by atoms with Gasteiger partial charge < -0.3 is 9.64 Å². The smallest absolute Gasteiger partial charge is 0.410 e. The number of ether oxygens (including phenoxy) is 1. The molecule has 0 spiro atoms. The zero-order valence-corrected chi connectivity index (χ0v) is 15.8. The van der Waals surface area contributed by atoms with Crippen LogP contribution < -0.4 is 0 Å². The maximum atomic E-state index is 12.3. The molecule has 2 rings (SSSR count). The van der Waals surface area contributed by atoms with Gasteiger partial charge in [-0.1, -0.05) is 32.4 Å². The van der Waals surface area contributed by atoms with Crippen molar-refractivity contribution in [1.29, 1.82) is 0 Å². The molecular formula is C17H28ClN3O2. The fourth-order valence-corrected chi connectivity index (χ4v) is 2.56. The number of halogens is 1. The summed E-state index contributed by atoms with van der Waals surface area (Å²) < 4.78 is 5.46. The fraction of sp³-hybridized carbons (Fsp3) is 0.706. The minimum absolute atomic E-state index is 0.308. The van der Waals surface area contributed by atoms with E-state index in [1.807, 2.05) is 34.6 Å². The monoisotopic (exact) mass is 341 g/mol. The van der Waals surface area contributed by atoms with Gasteiger partial charge in [-0.15, -0.1) is 0 Å². The molecule has 0 saturated carbocycles. The zero-order chi connectivity index (χ0) is 17.6. The van der Waals surface area contributed by atoms with Crippen molar-refractivity contribution >= 4 is 17.7 Å². The standard InChI is InChI=1S/C15H22ClN3O2.C2H6/c1-10-5-6-19(14(20)21-15(2,3)4)8-12-11(7-10)13(16)18-9-17-12;1-2/h9-10H,5-8H2,1-4H3;1-2H3. The third kappa shape index (κ3) is 5.98. The average molecular weight is 342 g/mol. The summed E-state index contributed by atoms with van der Waals surface area (Å²) in [4.78, 5) is 22.4. The lowest BCUT2D eigenvalue weighted by atomic mass is 9.95. The number of hydrogen-bond acceptors (Lipinski definition) is 4. The van der Waals surface area contributed by atoms with E-state index >= 15 is 0 Å². The summed E-state index contributed by atoms with van der Waals surface area (Å²) in [7, 11) is 0. The second-order valence-electron chi connectivity index (χ2n) is 6.59. The quantitative estimate of drug-likeness (QED) is 0.653. The summed E-state index contributed by atoms with van der Waals surface area (Å²) >= 11 is 6.18. The third-order valence-electron chi connectivity index (χ3n) is 3.42. The second-order valence-corrected chi connectivity index (χ2v) is 6.95. The first-order valence-electron chi connectivity index (χ1n) is 8.22. The average Bonchev–Trinajstić information content (AvgIpc) is 2.44. The number of amides is 1. The number of hydrogen-bond donors (Lipinski definition) is 0. The van der Waals surface area contributed by atoms with Crippen molar-refractivity contribution in [2.45, 2.75) is 66.5 Å². The van der Waals surface area contributed by atoms with Crippen molar-refractivity contribution < 1.29 is 9.53 Å². The van der Waals surface area contributed by atoms with Crippen LogP contribution in [0.2, 0.25) is 5.15 Å². The van der Waals surface area contributed by atoms with Crippen molar-refractivity contribution in [2.24, 2.45) is 5.92 Å². The molecule has 0 N–H and O–H groups in total. The van der Waals surface area contributed by atoms with E-state index in [-0.39, 0.29) is 6.09 Å². The van der Waals surface area contributed by atoms with E-state index in [1.54, 1.807) is 4.90 Å². The Hall–Kier alpha value is -1.36. The summed E-state index contributed by atoms with van der Waals surface area (Å²) in [6, 6.07) is 0. The third-order valence-corrected chi connectivity index (χ3v) is 3.74. The van der Waals surface area contributed by atoms with Crippen molar-refractivity contribution in [2.75, 3.05) is 6.54 Å². The normalized spacial score (nSPS) is 18.0. The number of carbonyl (C=O) groups is 1. The molecule has 23 heavy (non-hydrogen) atoms. The lowest BCUT2D eigenvalue weighted by molar-refractivity contribution is 0.0217. The number of carbonyl (C=O) groups excluding carboxylic acids is 1. The number of fused-ring (bicyclic) bond motifs is 1. The van der Waals surface area contributed by atoms with Gasteiger partial charge in [0.2, 0.25) is 0 Å². The van der Waals surface area contributed by atoms with Crippen molar-refractivity contribution in [3.63, 3.8) is 0 Å². The molecule has 130 valence electrons. The van der Waals surface area contributed by atoms with E-state index in [2.05, 4.69) is 16.9 Å². The molecule has 1 amide bonds. The largest absolute Gasteiger partial charge is 0.444 e. The minimum atomic E-state index is -0.503. The summed E-state index contributed by atoms with van der Waals surface area (Å²) in [6.07, 6.45) is 2.89. The van der Waals surface area contributed by atoms with Crippen molar-refractivity contribution in [3.05, 3.63) is 22.7 Å². The Morgan fingerprint density at radius 3 is 2.61 bits per heavy atom. The van der Waals surface area contributed by atoms with Crippen LogP contribution >= 0.6 is 11.6 Å². The van der Waals surface area contributed by atoms with E-state index < -0.39 is 5.60 Å². The molecule has 0 aromatic carbocycles. The molecule has 1 atom stereocenters. The molecule has 1 aromatic rings. The molecule has 1 aliphatic heterocycles. The van der Waals surface area contributed by atoms with Crippen LogP contribution in [0.3, 0.4) is 0 Å². The SMILES string of the molecule is CC.CC1CCN(C(=O)OC(C)(C)C)Cc2ncnc(Cl)c2C1. The summed E-state index contributed by atoms with van der Waals surface area (Å²) in [5.41, 5.74) is 1.25. The van der Waals surface area contributed by atoms with Gasteiger partial charge in [-0.3, -0.25) is 0 Å². The van der Waals surface area contributed by atoms with Gasteiger partial charge in [0.15, 0.2) is 0 Å². The zero-order valence-electron chi connectivity index (χ0n) is 15.0. The Bertz CT molecular complexity index is 529. The maximum Gasteiger partial charge on any atom is 0.410 e. The van der Waals surface area contributed by atoms with E-state index in [9.17, 15) is 4.79 Å². The fourth-order valence-electron chi connectivity index (χ4n) is 2.33. The first-order chi connectivity index (χ1) is 10.8. The highest BCUT2D eigenvalue weighted by molar-refractivity contribution is 6.30. The van der Waals surface area contributed by atoms with Crippen LogP contribution in [0, 0.1) is 5.92 Å². The second kappa shape index (κ2) is 8.48. The highest BCUT2D eigenvalue weighted by Crippen LogP contribution is 2.25. The van der Waals surface area contributed by atoms with Crippen LogP contribution in [0.15, 0.2) is 6.33 Å². The molecule has 2 heterocycles. The van der Waals surface area contributed by atoms with E-state index in [0.29, 0.717) is 24.2 Å². The van der Waals surface area contributed by atoms with Crippen LogP contribution in [-0.2, 0) is 17.7 Å². The number of rotatable bonds is 0. The van der Waals surface area contributed by atoms with Gasteiger partial charge in [0, 0.05) is 12.1 Å². The van der Waals surface area contributed by atoms with Crippen molar-refractivity contribution in [3.8, 4) is 0 Å². The van der Waals surface area contributed by atoms with Crippen molar-refractivity contribution in [1.82, 2.24) is 14.9 Å². The molecule has 0 aliphatic carbocycles. The first-order valence-corrected chi connectivity index (χ1v) is 8.60. The predicted molar refractivity (Wildman–Crippen MR) is 92.5 cm³/mol. The minimum Gasteiger partial charge on any atom is -0.444 e. The van der Waals surface area contributed by atoms with Crippen LogP contribution in [0.5, 0.6) is 0 Å². The Kier molecular flexibility index (Phi) is 7.26. The Morgan fingerprint density at radius 2 is 2.00 bits per heavy atom. The molecule has 1 aromatic heterocycles. The number of nitrogens with zero attached hydrogens (tertiary/aromatic N) is 3. The topological polar surface area (TPSA) is 55.3 Å². The van der Waals surface area contributed by atoms with Gasteiger partial charge >= 0.3 is 6.09 Å². The van der Waals surface area contributed by atoms with Gasteiger partial charge in [0.25, 0.3) is 0 Å². The van der Waals surface area contributed by atoms with Crippen LogP contribution in [-0.4, -0.2) is 33.1 Å². The maximum absolute atomic E-state index is 12.3. The van der Waals surface area contributed by atoms with E-state index in [0.717, 1.165) is 24.1 Å². The summed E-state index contributed by atoms with van der Waals surface area (Å²) in [5.74, 6) is 0.414. The molecular weight excluding hydrogens is 314 g/mol. The molecule has 0 radical (unpaired) electrons. The summed E-state index contributed by atoms with van der Waals surface area (Å²) in [5, 5.41) is 0.484. The first kappa shape index (κ1) is 19.7. The Labute approximate surface area is 144 Å². The number of aromatic nitrogens is 2. The van der Waals surface area contributed by atoms with Crippen LogP contribution in [0.1, 0.15) is 59.2 Å². The van der Waals surface area contributed by atoms with Gasteiger partial charge in [0.05, 0.1) is 12.2 Å². The molecule has 5 nitrogen and oxygen atoms in total. The van der Waals surface area contributed by atoms with Gasteiger partial charge in [-0.25, -0.2) is 14.8 Å². The van der Waals surface area contributed by atoms with Gasteiger partial charge in [-0.05, 0) is 39.5 Å². The molecule has 0 fully saturated rings. The molecule has 0 bridgehead atoms. The van der Waals surface area contributed by atoms with Crippen LogP contribution in [0.4, 0.5) is 4.79 Å². The van der Waals surface area contributed by atoms with E-state index in [4.69, 9.17) is 16.3 Å². The molecule has 6 heteroatoms. The lowest BCUT2D eigenvalue weighted by Gasteiger charge is -2.30. The lowest BCUT2D eigenvalue weighted by Crippen LogP contribution is -2.39. The molecule has 1 unspecified atom stereocenters. The Morgan fingerprint density at radius 1 is 1.35 bits per heavy atom. The summed E-state index contributed by atoms with van der Waals surface area (Å²) in [6.45, 7) is 12.8. The van der Waals surface area contributed by atoms with E-state index in [1.165, 1.54) is 6.33 Å². The molecule has 0 saturated heterocycles. The van der Waals surface area contributed by atoms with Crippen LogP contribution in [0.25, 0.3) is 0 Å². The highest BCUT2D eigenvalue weighted by Gasteiger charge is 2.26. The molecule has 1 aliphatic rings.